The standard InChI is InChI=1S/C25H22F2N2O3/c26-25(27)32-21-13-7-12-18-19(21)14-15-20(18)29(24(31)17-10-5-2-6-11-17)22(23(28)30)16-8-3-1-4-9-16/h1-13,20,22,25H,14-15H2,(H2,28,30)/t20-,22-/m1/s1. The number of benzene rings is 3. The molecule has 0 aromatic heterocycles. The number of halogens is 2. The van der Waals surface area contributed by atoms with E-state index >= 15 is 0 Å². The Hall–Kier alpha value is -3.74. The molecule has 0 spiro atoms. The summed E-state index contributed by atoms with van der Waals surface area (Å²) in [5, 5.41) is 0. The van der Waals surface area contributed by atoms with Crippen molar-refractivity contribution >= 4 is 11.8 Å². The third-order valence-corrected chi connectivity index (χ3v) is 5.67. The van der Waals surface area contributed by atoms with E-state index in [2.05, 4.69) is 0 Å². The Morgan fingerprint density at radius 3 is 2.22 bits per heavy atom. The lowest BCUT2D eigenvalue weighted by Crippen LogP contribution is -2.43. The van der Waals surface area contributed by atoms with Gasteiger partial charge in [-0.25, -0.2) is 0 Å². The van der Waals surface area contributed by atoms with Crippen LogP contribution in [0.2, 0.25) is 0 Å². The van der Waals surface area contributed by atoms with E-state index in [4.69, 9.17) is 10.5 Å². The topological polar surface area (TPSA) is 72.6 Å². The predicted molar refractivity (Wildman–Crippen MR) is 115 cm³/mol. The summed E-state index contributed by atoms with van der Waals surface area (Å²) in [6, 6.07) is 20.8. The Kier molecular flexibility index (Phi) is 6.16. The van der Waals surface area contributed by atoms with Crippen LogP contribution in [0.3, 0.4) is 0 Å². The molecule has 1 aliphatic rings. The zero-order valence-corrected chi connectivity index (χ0v) is 17.2. The maximum absolute atomic E-state index is 13.7. The molecule has 5 nitrogen and oxygen atoms in total. The molecule has 0 saturated carbocycles. The second-order valence-corrected chi connectivity index (χ2v) is 7.55. The van der Waals surface area contributed by atoms with Crippen LogP contribution in [0.4, 0.5) is 8.78 Å². The first-order valence-electron chi connectivity index (χ1n) is 10.3. The van der Waals surface area contributed by atoms with E-state index in [1.54, 1.807) is 66.7 Å². The number of rotatable bonds is 7. The van der Waals surface area contributed by atoms with Crippen LogP contribution in [-0.2, 0) is 11.2 Å². The molecule has 7 heteroatoms. The molecule has 1 aliphatic carbocycles. The zero-order valence-electron chi connectivity index (χ0n) is 17.2. The molecule has 0 heterocycles. The number of hydrogen-bond donors (Lipinski definition) is 1. The van der Waals surface area contributed by atoms with Crippen LogP contribution in [-0.4, -0.2) is 23.3 Å². The number of carbonyl (C=O) groups excluding carboxylic acids is 2. The second kappa shape index (κ2) is 9.18. The van der Waals surface area contributed by atoms with Crippen molar-refractivity contribution in [2.75, 3.05) is 0 Å². The van der Waals surface area contributed by atoms with Gasteiger partial charge in [-0.05, 0) is 47.7 Å². The fourth-order valence-corrected chi connectivity index (χ4v) is 4.36. The van der Waals surface area contributed by atoms with Gasteiger partial charge in [0, 0.05) is 5.56 Å². The lowest BCUT2D eigenvalue weighted by Gasteiger charge is -2.36. The van der Waals surface area contributed by atoms with Crippen molar-refractivity contribution in [1.82, 2.24) is 4.90 Å². The van der Waals surface area contributed by atoms with Crippen molar-refractivity contribution in [2.45, 2.75) is 31.5 Å². The average molecular weight is 436 g/mol. The van der Waals surface area contributed by atoms with Crippen LogP contribution in [0.1, 0.15) is 45.6 Å². The third kappa shape index (κ3) is 4.19. The van der Waals surface area contributed by atoms with Gasteiger partial charge in [-0.2, -0.15) is 8.78 Å². The van der Waals surface area contributed by atoms with Gasteiger partial charge in [0.15, 0.2) is 0 Å². The lowest BCUT2D eigenvalue weighted by atomic mass is 9.98. The number of hydrogen-bond acceptors (Lipinski definition) is 3. The Labute approximate surface area is 184 Å². The van der Waals surface area contributed by atoms with Crippen LogP contribution in [0, 0.1) is 0 Å². The van der Waals surface area contributed by atoms with Crippen LogP contribution in [0.5, 0.6) is 5.75 Å². The van der Waals surface area contributed by atoms with E-state index in [-0.39, 0.29) is 11.7 Å². The number of ether oxygens (including phenoxy) is 1. The highest BCUT2D eigenvalue weighted by molar-refractivity contribution is 5.98. The van der Waals surface area contributed by atoms with Crippen molar-refractivity contribution < 1.29 is 23.1 Å². The van der Waals surface area contributed by atoms with Crippen LogP contribution < -0.4 is 10.5 Å². The molecule has 3 aromatic rings. The van der Waals surface area contributed by atoms with Gasteiger partial charge in [0.1, 0.15) is 11.8 Å². The highest BCUT2D eigenvalue weighted by atomic mass is 19.3. The minimum absolute atomic E-state index is 0.0856. The van der Waals surface area contributed by atoms with E-state index < -0.39 is 24.6 Å². The highest BCUT2D eigenvalue weighted by Crippen LogP contribution is 2.44. The first kappa shape index (κ1) is 21.5. The molecule has 164 valence electrons. The van der Waals surface area contributed by atoms with Crippen molar-refractivity contribution in [3.63, 3.8) is 0 Å². The summed E-state index contributed by atoms with van der Waals surface area (Å²) in [5.41, 5.74) is 8.09. The number of primary amides is 1. The van der Waals surface area contributed by atoms with E-state index in [9.17, 15) is 18.4 Å². The number of nitrogens with two attached hydrogens (primary N) is 1. The first-order chi connectivity index (χ1) is 15.5. The minimum atomic E-state index is -2.95. The van der Waals surface area contributed by atoms with Gasteiger partial charge in [0.25, 0.3) is 5.91 Å². The smallest absolute Gasteiger partial charge is 0.387 e. The van der Waals surface area contributed by atoms with Gasteiger partial charge in [-0.1, -0.05) is 60.7 Å². The molecule has 32 heavy (non-hydrogen) atoms. The summed E-state index contributed by atoms with van der Waals surface area (Å²) in [5.74, 6) is -0.951. The third-order valence-electron chi connectivity index (χ3n) is 5.67. The Bertz CT molecular complexity index is 1110. The fourth-order valence-electron chi connectivity index (χ4n) is 4.36. The summed E-state index contributed by atoms with van der Waals surface area (Å²) in [6.45, 7) is -2.95. The number of carbonyl (C=O) groups is 2. The molecular formula is C25H22F2N2O3. The van der Waals surface area contributed by atoms with Crippen LogP contribution in [0.25, 0.3) is 0 Å². The number of alkyl halides is 2. The largest absolute Gasteiger partial charge is 0.435 e. The molecular weight excluding hydrogens is 414 g/mol. The lowest BCUT2D eigenvalue weighted by molar-refractivity contribution is -0.123. The molecule has 0 unspecified atom stereocenters. The minimum Gasteiger partial charge on any atom is -0.435 e. The summed E-state index contributed by atoms with van der Waals surface area (Å²) in [4.78, 5) is 27.8. The number of fused-ring (bicyclic) bond motifs is 1. The molecule has 0 aliphatic heterocycles. The van der Waals surface area contributed by atoms with Gasteiger partial charge >= 0.3 is 6.61 Å². The van der Waals surface area contributed by atoms with Crippen molar-refractivity contribution in [2.24, 2.45) is 5.73 Å². The molecule has 3 aromatic carbocycles. The average Bonchev–Trinajstić information content (AvgIpc) is 3.22. The highest BCUT2D eigenvalue weighted by Gasteiger charge is 2.40. The van der Waals surface area contributed by atoms with Gasteiger partial charge in [-0.15, -0.1) is 0 Å². The first-order valence-corrected chi connectivity index (χ1v) is 10.3. The molecule has 2 atom stereocenters. The fraction of sp³-hybridized carbons (Fsp3) is 0.200. The summed E-state index contributed by atoms with van der Waals surface area (Å²) >= 11 is 0. The van der Waals surface area contributed by atoms with E-state index in [1.807, 2.05) is 6.07 Å². The van der Waals surface area contributed by atoms with Crippen LogP contribution in [0.15, 0.2) is 78.9 Å². The van der Waals surface area contributed by atoms with E-state index in [0.29, 0.717) is 35.1 Å². The molecule has 0 saturated heterocycles. The SMILES string of the molecule is NC(=O)[C@@H](c1ccccc1)N(C(=O)c1ccccc1)[C@@H]1CCc2c(OC(F)F)cccc21. The van der Waals surface area contributed by atoms with E-state index in [1.165, 1.54) is 11.0 Å². The Balaban J connectivity index is 1.83. The van der Waals surface area contributed by atoms with E-state index in [0.717, 1.165) is 0 Å². The summed E-state index contributed by atoms with van der Waals surface area (Å²) in [6.07, 6.45) is 0.885. The maximum atomic E-state index is 13.7. The van der Waals surface area contributed by atoms with Crippen molar-refractivity contribution in [1.29, 1.82) is 0 Å². The zero-order chi connectivity index (χ0) is 22.7. The van der Waals surface area contributed by atoms with Crippen LogP contribution >= 0.6 is 0 Å². The number of nitrogens with zero attached hydrogens (tertiary/aromatic N) is 1. The van der Waals surface area contributed by atoms with Gasteiger partial charge in [0.2, 0.25) is 5.91 Å². The number of amides is 2. The van der Waals surface area contributed by atoms with Gasteiger partial charge < -0.3 is 15.4 Å². The summed E-state index contributed by atoms with van der Waals surface area (Å²) in [7, 11) is 0. The maximum Gasteiger partial charge on any atom is 0.387 e. The molecule has 0 radical (unpaired) electrons. The normalized spacial score (nSPS) is 15.8. The predicted octanol–water partition coefficient (Wildman–Crippen LogP) is 4.64. The molecule has 2 N–H and O–H groups in total. The van der Waals surface area contributed by atoms with Gasteiger partial charge in [0.05, 0.1) is 6.04 Å². The Morgan fingerprint density at radius 2 is 1.59 bits per heavy atom. The molecule has 0 bridgehead atoms. The van der Waals surface area contributed by atoms with Crippen molar-refractivity contribution in [3.05, 3.63) is 101 Å². The van der Waals surface area contributed by atoms with Crippen molar-refractivity contribution in [3.8, 4) is 5.75 Å². The quantitative estimate of drug-likeness (QED) is 0.586. The summed E-state index contributed by atoms with van der Waals surface area (Å²) < 4.78 is 30.5. The van der Waals surface area contributed by atoms with Gasteiger partial charge in [-0.3, -0.25) is 9.59 Å². The monoisotopic (exact) mass is 436 g/mol. The Morgan fingerprint density at radius 1 is 0.938 bits per heavy atom. The molecule has 0 fully saturated rings. The second-order valence-electron chi connectivity index (χ2n) is 7.55. The molecule has 2 amide bonds. The molecule has 4 rings (SSSR count).